The lowest BCUT2D eigenvalue weighted by molar-refractivity contribution is -0.139. The van der Waals surface area contributed by atoms with Gasteiger partial charge in [0.1, 0.15) is 0 Å². The molecule has 0 aromatic heterocycles. The molecule has 4 rings (SSSR count). The van der Waals surface area contributed by atoms with Gasteiger partial charge in [-0.3, -0.25) is 4.79 Å². The van der Waals surface area contributed by atoms with Gasteiger partial charge in [-0.05, 0) is 51.0 Å². The number of hydrogen-bond donors (Lipinski definition) is 1. The Balaban J connectivity index is 1.56. The Hall–Kier alpha value is -1.35. The molecular formula is C20H27NO2. The molecule has 1 spiro atoms. The molecule has 1 aromatic rings. The van der Waals surface area contributed by atoms with Crippen LogP contribution in [0.3, 0.4) is 0 Å². The van der Waals surface area contributed by atoms with Crippen LogP contribution in [0, 0.1) is 12.3 Å². The number of hydrogen-bond acceptors (Lipinski definition) is 2. The summed E-state index contributed by atoms with van der Waals surface area (Å²) in [4.78, 5) is 15.3. The van der Waals surface area contributed by atoms with Gasteiger partial charge in [0, 0.05) is 18.5 Å². The average molecular weight is 313 g/mol. The molecule has 1 heterocycles. The van der Waals surface area contributed by atoms with Crippen molar-refractivity contribution in [2.24, 2.45) is 5.41 Å². The summed E-state index contributed by atoms with van der Waals surface area (Å²) in [6.07, 6.45) is 6.93. The minimum Gasteiger partial charge on any atom is -0.392 e. The van der Waals surface area contributed by atoms with Gasteiger partial charge in [0.25, 0.3) is 0 Å². The molecule has 1 aliphatic heterocycles. The van der Waals surface area contributed by atoms with Crippen molar-refractivity contribution in [1.82, 2.24) is 4.90 Å². The lowest BCUT2D eigenvalue weighted by Gasteiger charge is -2.43. The first-order valence-electron chi connectivity index (χ1n) is 9.10. The normalized spacial score (nSPS) is 32.3. The molecule has 3 fully saturated rings. The van der Waals surface area contributed by atoms with Crippen molar-refractivity contribution in [2.45, 2.75) is 63.4 Å². The molecule has 0 unspecified atom stereocenters. The Morgan fingerprint density at radius 3 is 2.43 bits per heavy atom. The number of rotatable bonds is 2. The Labute approximate surface area is 138 Å². The number of aliphatic hydroxyl groups is 1. The summed E-state index contributed by atoms with van der Waals surface area (Å²) in [6, 6.07) is 8.48. The molecule has 2 saturated carbocycles. The van der Waals surface area contributed by atoms with E-state index >= 15 is 0 Å². The van der Waals surface area contributed by atoms with Crippen molar-refractivity contribution in [2.75, 3.05) is 13.1 Å². The minimum atomic E-state index is -0.268. The zero-order valence-corrected chi connectivity index (χ0v) is 14.1. The molecule has 0 radical (unpaired) electrons. The largest absolute Gasteiger partial charge is 0.392 e. The molecule has 3 nitrogen and oxygen atoms in total. The van der Waals surface area contributed by atoms with E-state index in [9.17, 15) is 9.90 Å². The van der Waals surface area contributed by atoms with Gasteiger partial charge in [-0.2, -0.15) is 0 Å². The van der Waals surface area contributed by atoms with E-state index < -0.39 is 0 Å². The minimum absolute atomic E-state index is 0.0166. The monoisotopic (exact) mass is 313 g/mol. The number of carbonyl (C=O) groups excluding carboxylic acids is 1. The molecule has 3 heteroatoms. The van der Waals surface area contributed by atoms with Gasteiger partial charge in [0.15, 0.2) is 0 Å². The van der Waals surface area contributed by atoms with E-state index in [0.717, 1.165) is 58.0 Å². The number of carbonyl (C=O) groups is 1. The van der Waals surface area contributed by atoms with E-state index in [1.54, 1.807) is 0 Å². The highest BCUT2D eigenvalue weighted by Crippen LogP contribution is 2.52. The summed E-state index contributed by atoms with van der Waals surface area (Å²) in [7, 11) is 0. The van der Waals surface area contributed by atoms with Crippen molar-refractivity contribution in [1.29, 1.82) is 0 Å². The van der Waals surface area contributed by atoms with Gasteiger partial charge >= 0.3 is 0 Å². The third-order valence-corrected chi connectivity index (χ3v) is 6.52. The number of nitrogens with zero attached hydrogens (tertiary/aromatic N) is 1. The number of likely N-dealkylation sites (tertiary alicyclic amines) is 1. The quantitative estimate of drug-likeness (QED) is 0.911. The van der Waals surface area contributed by atoms with E-state index in [1.807, 2.05) is 0 Å². The maximum absolute atomic E-state index is 13.3. The van der Waals surface area contributed by atoms with Crippen LogP contribution in [0.5, 0.6) is 0 Å². The second kappa shape index (κ2) is 5.34. The van der Waals surface area contributed by atoms with E-state index in [1.165, 1.54) is 11.1 Å². The van der Waals surface area contributed by atoms with E-state index in [2.05, 4.69) is 36.1 Å². The molecule has 2 atom stereocenters. The summed E-state index contributed by atoms with van der Waals surface area (Å²) >= 11 is 0. The summed E-state index contributed by atoms with van der Waals surface area (Å²) in [5.74, 6) is 0.305. The fourth-order valence-corrected chi connectivity index (χ4v) is 4.86. The molecule has 1 amide bonds. The third-order valence-electron chi connectivity index (χ3n) is 6.52. The van der Waals surface area contributed by atoms with Crippen LogP contribution < -0.4 is 0 Å². The van der Waals surface area contributed by atoms with Crippen molar-refractivity contribution < 1.29 is 9.90 Å². The van der Waals surface area contributed by atoms with Crippen LogP contribution in [0.1, 0.15) is 56.1 Å². The fourth-order valence-electron chi connectivity index (χ4n) is 4.86. The fraction of sp³-hybridized carbons (Fsp3) is 0.650. The topological polar surface area (TPSA) is 40.5 Å². The Morgan fingerprint density at radius 2 is 1.83 bits per heavy atom. The molecule has 23 heavy (non-hydrogen) atoms. The molecular weight excluding hydrogens is 286 g/mol. The van der Waals surface area contributed by atoms with Gasteiger partial charge in [0.05, 0.1) is 11.5 Å². The second-order valence-corrected chi connectivity index (χ2v) is 8.05. The van der Waals surface area contributed by atoms with Crippen molar-refractivity contribution in [3.8, 4) is 0 Å². The first-order chi connectivity index (χ1) is 11.1. The zero-order valence-electron chi connectivity index (χ0n) is 14.1. The highest BCUT2D eigenvalue weighted by molar-refractivity contribution is 5.91. The van der Waals surface area contributed by atoms with Gasteiger partial charge in [-0.1, -0.05) is 36.2 Å². The molecule has 0 bridgehead atoms. The molecule has 1 N–H and O–H groups in total. The molecule has 124 valence electrons. The number of benzene rings is 1. The predicted molar refractivity (Wildman–Crippen MR) is 90.2 cm³/mol. The number of amides is 1. The van der Waals surface area contributed by atoms with Crippen LogP contribution >= 0.6 is 0 Å². The Kier molecular flexibility index (Phi) is 3.53. The van der Waals surface area contributed by atoms with Gasteiger partial charge < -0.3 is 10.0 Å². The highest BCUT2D eigenvalue weighted by atomic mass is 16.3. The third kappa shape index (κ3) is 2.40. The van der Waals surface area contributed by atoms with Crippen molar-refractivity contribution in [3.63, 3.8) is 0 Å². The van der Waals surface area contributed by atoms with E-state index in [-0.39, 0.29) is 16.9 Å². The zero-order chi connectivity index (χ0) is 16.1. The molecule has 1 aromatic carbocycles. The van der Waals surface area contributed by atoms with Crippen LogP contribution in [-0.2, 0) is 10.2 Å². The second-order valence-electron chi connectivity index (χ2n) is 8.05. The lowest BCUT2D eigenvalue weighted by Crippen LogP contribution is -2.52. The molecule has 3 aliphatic rings. The number of aliphatic hydroxyl groups excluding tert-OH is 1. The van der Waals surface area contributed by atoms with Crippen molar-refractivity contribution in [3.05, 3.63) is 35.4 Å². The lowest BCUT2D eigenvalue weighted by atomic mass is 9.76. The Morgan fingerprint density at radius 1 is 1.13 bits per heavy atom. The maximum atomic E-state index is 13.3. The highest BCUT2D eigenvalue weighted by Gasteiger charge is 2.55. The van der Waals surface area contributed by atoms with Gasteiger partial charge in [0.2, 0.25) is 5.91 Å². The summed E-state index contributed by atoms with van der Waals surface area (Å²) in [5.41, 5.74) is 2.13. The Bertz CT molecular complexity index is 605. The number of aryl methyl sites for hydroxylation is 1. The molecule has 2 aliphatic carbocycles. The summed E-state index contributed by atoms with van der Waals surface area (Å²) in [5, 5.41) is 10.4. The first-order valence-corrected chi connectivity index (χ1v) is 9.10. The van der Waals surface area contributed by atoms with Crippen LogP contribution in [-0.4, -0.2) is 35.1 Å². The SMILES string of the molecule is Cc1ccc(C2(C(=O)N3CCC[C@]4(CCC[C@H]4O)C3)CC2)cc1. The van der Waals surface area contributed by atoms with Gasteiger partial charge in [-0.15, -0.1) is 0 Å². The van der Waals surface area contributed by atoms with E-state index in [4.69, 9.17) is 0 Å². The molecule has 1 saturated heterocycles. The van der Waals surface area contributed by atoms with Crippen molar-refractivity contribution >= 4 is 5.91 Å². The van der Waals surface area contributed by atoms with E-state index in [0.29, 0.717) is 5.91 Å². The summed E-state index contributed by atoms with van der Waals surface area (Å²) < 4.78 is 0. The van der Waals surface area contributed by atoms with Crippen LogP contribution in [0.4, 0.5) is 0 Å². The maximum Gasteiger partial charge on any atom is 0.233 e. The summed E-state index contributed by atoms with van der Waals surface area (Å²) in [6.45, 7) is 3.71. The van der Waals surface area contributed by atoms with Crippen LogP contribution in [0.25, 0.3) is 0 Å². The standard InChI is InChI=1S/C20H27NO2/c1-15-5-7-16(8-6-15)20(11-12-20)18(23)21-13-3-10-19(14-21)9-2-4-17(19)22/h5-8,17,22H,2-4,9-14H2,1H3/t17-,19-/m1/s1. The van der Waals surface area contributed by atoms with Crippen LogP contribution in [0.2, 0.25) is 0 Å². The van der Waals surface area contributed by atoms with Crippen LogP contribution in [0.15, 0.2) is 24.3 Å². The first kappa shape index (κ1) is 15.2. The average Bonchev–Trinajstić information content (AvgIpc) is 3.30. The number of piperidine rings is 1. The predicted octanol–water partition coefficient (Wildman–Crippen LogP) is 3.18. The smallest absolute Gasteiger partial charge is 0.233 e. The van der Waals surface area contributed by atoms with Gasteiger partial charge in [-0.25, -0.2) is 0 Å².